The average molecular weight is 734 g/mol. The zero-order chi connectivity index (χ0) is 37.0. The minimum atomic E-state index is 0.623. The summed E-state index contributed by atoms with van der Waals surface area (Å²) < 4.78 is 5.04. The summed E-state index contributed by atoms with van der Waals surface area (Å²) in [6, 6.07) is 61.8. The van der Waals surface area contributed by atoms with Gasteiger partial charge in [-0.1, -0.05) is 127 Å². The molecule has 0 bridgehead atoms. The van der Waals surface area contributed by atoms with Crippen LogP contribution in [0.1, 0.15) is 0 Å². The van der Waals surface area contributed by atoms with Gasteiger partial charge in [0.05, 0.1) is 11.0 Å². The van der Waals surface area contributed by atoms with Crippen LogP contribution in [0.25, 0.3) is 104 Å². The predicted octanol–water partition coefficient (Wildman–Crippen LogP) is 13.1. The van der Waals surface area contributed by atoms with E-state index in [0.29, 0.717) is 17.5 Å². The van der Waals surface area contributed by atoms with Gasteiger partial charge in [0.1, 0.15) is 0 Å². The molecule has 0 saturated carbocycles. The first-order valence-electron chi connectivity index (χ1n) is 18.6. The second kappa shape index (κ2) is 13.2. The van der Waals surface area contributed by atoms with Crippen LogP contribution < -0.4 is 0 Å². The van der Waals surface area contributed by atoms with Gasteiger partial charge >= 0.3 is 0 Å². The molecule has 0 unspecified atom stereocenters. The number of hydrogen-bond acceptors (Lipinski definition) is 5. The number of aromatic nitrogens is 5. The Hall–Kier alpha value is -7.28. The molecule has 56 heavy (non-hydrogen) atoms. The monoisotopic (exact) mass is 733 g/mol. The normalized spacial score (nSPS) is 11.6. The Labute approximate surface area is 326 Å². The van der Waals surface area contributed by atoms with Crippen molar-refractivity contribution in [2.24, 2.45) is 0 Å². The average Bonchev–Trinajstić information content (AvgIpc) is 3.83. The van der Waals surface area contributed by atoms with Crippen LogP contribution in [0.15, 0.2) is 188 Å². The second-order valence-corrected chi connectivity index (χ2v) is 15.0. The van der Waals surface area contributed by atoms with Crippen LogP contribution in [-0.2, 0) is 0 Å². The zero-order valence-electron chi connectivity index (χ0n) is 30.0. The Balaban J connectivity index is 1.12. The maximum Gasteiger partial charge on any atom is 0.164 e. The topological polar surface area (TPSA) is 56.5 Å². The molecule has 11 rings (SSSR count). The van der Waals surface area contributed by atoms with Gasteiger partial charge < -0.3 is 4.57 Å². The fraction of sp³-hybridized carbons (Fsp3) is 0. The number of pyridine rings is 1. The van der Waals surface area contributed by atoms with Gasteiger partial charge in [0.25, 0.3) is 0 Å². The summed E-state index contributed by atoms with van der Waals surface area (Å²) in [7, 11) is 0. The third-order valence-electron chi connectivity index (χ3n) is 10.5. The summed E-state index contributed by atoms with van der Waals surface area (Å²) in [6.45, 7) is 0. The van der Waals surface area contributed by atoms with E-state index in [4.69, 9.17) is 15.0 Å². The largest absolute Gasteiger partial charge is 0.309 e. The Morgan fingerprint density at radius 2 is 0.982 bits per heavy atom. The van der Waals surface area contributed by atoms with Gasteiger partial charge in [-0.3, -0.25) is 4.98 Å². The Morgan fingerprint density at radius 3 is 1.71 bits per heavy atom. The van der Waals surface area contributed by atoms with Crippen molar-refractivity contribution >= 4 is 53.3 Å². The van der Waals surface area contributed by atoms with Crippen molar-refractivity contribution in [2.45, 2.75) is 0 Å². The van der Waals surface area contributed by atoms with E-state index in [9.17, 15) is 0 Å². The molecule has 6 heteroatoms. The lowest BCUT2D eigenvalue weighted by Gasteiger charge is -2.14. The van der Waals surface area contributed by atoms with E-state index in [1.807, 2.05) is 90.5 Å². The first-order chi connectivity index (χ1) is 27.7. The second-order valence-electron chi connectivity index (χ2n) is 13.9. The van der Waals surface area contributed by atoms with Crippen molar-refractivity contribution in [1.29, 1.82) is 0 Å². The molecule has 0 radical (unpaired) electrons. The van der Waals surface area contributed by atoms with Crippen molar-refractivity contribution in [3.8, 4) is 62.1 Å². The highest BCUT2D eigenvalue weighted by atomic mass is 32.1. The van der Waals surface area contributed by atoms with Gasteiger partial charge in [-0.05, 0) is 65.2 Å². The van der Waals surface area contributed by atoms with Crippen molar-refractivity contribution in [3.63, 3.8) is 0 Å². The molecule has 4 aromatic heterocycles. The lowest BCUT2D eigenvalue weighted by molar-refractivity contribution is 1.07. The molecule has 7 aromatic carbocycles. The maximum atomic E-state index is 5.03. The molecule has 4 heterocycles. The van der Waals surface area contributed by atoms with Crippen molar-refractivity contribution < 1.29 is 0 Å². The van der Waals surface area contributed by atoms with Crippen LogP contribution in [-0.4, -0.2) is 24.5 Å². The number of para-hydroxylation sites is 1. The number of hydrogen-bond donors (Lipinski definition) is 0. The van der Waals surface area contributed by atoms with Crippen molar-refractivity contribution in [2.75, 3.05) is 0 Å². The van der Waals surface area contributed by atoms with E-state index in [0.717, 1.165) is 44.6 Å². The molecule has 0 spiro atoms. The van der Waals surface area contributed by atoms with Crippen LogP contribution in [0.5, 0.6) is 0 Å². The molecule has 0 aliphatic rings. The molecule has 0 amide bonds. The van der Waals surface area contributed by atoms with E-state index < -0.39 is 0 Å². The number of nitrogens with zero attached hydrogens (tertiary/aromatic N) is 5. The third-order valence-corrected chi connectivity index (χ3v) is 11.7. The quantitative estimate of drug-likeness (QED) is 0.171. The summed E-state index contributed by atoms with van der Waals surface area (Å²) >= 11 is 1.88. The molecule has 0 aliphatic carbocycles. The van der Waals surface area contributed by atoms with E-state index in [-0.39, 0.29) is 0 Å². The van der Waals surface area contributed by atoms with Crippen LogP contribution in [0.2, 0.25) is 0 Å². The Kier molecular flexibility index (Phi) is 7.60. The maximum absolute atomic E-state index is 5.03. The highest BCUT2D eigenvalue weighted by molar-refractivity contribution is 7.26. The predicted molar refractivity (Wildman–Crippen MR) is 232 cm³/mol. The van der Waals surface area contributed by atoms with Crippen LogP contribution in [0.4, 0.5) is 0 Å². The molecule has 0 aliphatic heterocycles. The summed E-state index contributed by atoms with van der Waals surface area (Å²) in [5, 5.41) is 5.13. The zero-order valence-corrected chi connectivity index (χ0v) is 30.9. The Bertz CT molecular complexity index is 3190. The summed E-state index contributed by atoms with van der Waals surface area (Å²) in [5.74, 6) is 1.90. The van der Waals surface area contributed by atoms with Crippen LogP contribution in [0.3, 0.4) is 0 Å². The van der Waals surface area contributed by atoms with Gasteiger partial charge in [-0.25, -0.2) is 15.0 Å². The van der Waals surface area contributed by atoms with Gasteiger partial charge in [-0.2, -0.15) is 0 Å². The van der Waals surface area contributed by atoms with Crippen LogP contribution in [0, 0.1) is 0 Å². The molecule has 0 atom stereocenters. The van der Waals surface area contributed by atoms with E-state index in [1.165, 1.54) is 42.0 Å². The van der Waals surface area contributed by atoms with E-state index in [1.54, 1.807) is 0 Å². The summed E-state index contributed by atoms with van der Waals surface area (Å²) in [4.78, 5) is 19.5. The van der Waals surface area contributed by atoms with E-state index >= 15 is 0 Å². The lowest BCUT2D eigenvalue weighted by Crippen LogP contribution is -2.00. The van der Waals surface area contributed by atoms with Gasteiger partial charge in [0, 0.05) is 71.3 Å². The number of fused-ring (bicyclic) bond motifs is 7. The van der Waals surface area contributed by atoms with Crippen LogP contribution >= 0.6 is 11.3 Å². The van der Waals surface area contributed by atoms with Crippen molar-refractivity contribution in [3.05, 3.63) is 188 Å². The fourth-order valence-corrected chi connectivity index (χ4v) is 9.15. The summed E-state index contributed by atoms with van der Waals surface area (Å²) in [5.41, 5.74) is 10.5. The molecule has 5 nitrogen and oxygen atoms in total. The first-order valence-corrected chi connectivity index (χ1v) is 19.4. The van der Waals surface area contributed by atoms with Gasteiger partial charge in [0.15, 0.2) is 17.5 Å². The smallest absolute Gasteiger partial charge is 0.164 e. The molecule has 0 fully saturated rings. The standard InChI is InChI=1S/C50H31N5S/c1-3-13-32(14-4-1)48-52-49(33-15-5-2-6-16-33)54-50(53-48)35-18-11-17-34(27-35)37-28-38(36-19-12-26-51-31-36)30-39(29-37)55-43-22-9-7-21-42(43)46-44(55)25-24-41-40-20-8-10-23-45(40)56-47(41)46/h1-31H. The SMILES string of the molecule is c1ccc(-c2nc(-c3ccccc3)nc(-c3cccc(-c4cc(-c5cccnc5)cc(-n5c6ccccc6c6c7sc8ccccc8c7ccc65)c4)c3)n2)cc1. The number of thiophene rings is 1. The molecular weight excluding hydrogens is 703 g/mol. The summed E-state index contributed by atoms with van der Waals surface area (Å²) in [6.07, 6.45) is 3.76. The fourth-order valence-electron chi connectivity index (χ4n) is 7.90. The molecular formula is C50H31N5S. The lowest BCUT2D eigenvalue weighted by atomic mass is 9.97. The number of benzene rings is 7. The van der Waals surface area contributed by atoms with E-state index in [2.05, 4.69) is 119 Å². The first kappa shape index (κ1) is 32.2. The molecule has 0 saturated heterocycles. The minimum Gasteiger partial charge on any atom is -0.309 e. The third kappa shape index (κ3) is 5.46. The Morgan fingerprint density at radius 1 is 0.393 bits per heavy atom. The molecule has 0 N–H and O–H groups in total. The highest BCUT2D eigenvalue weighted by Crippen LogP contribution is 2.44. The molecule has 11 aromatic rings. The van der Waals surface area contributed by atoms with Gasteiger partial charge in [0.2, 0.25) is 0 Å². The number of rotatable bonds is 6. The minimum absolute atomic E-state index is 0.623. The van der Waals surface area contributed by atoms with Gasteiger partial charge in [-0.15, -0.1) is 11.3 Å². The molecule has 262 valence electrons. The highest BCUT2D eigenvalue weighted by Gasteiger charge is 2.19. The van der Waals surface area contributed by atoms with Crippen molar-refractivity contribution in [1.82, 2.24) is 24.5 Å².